The number of fused-ring (bicyclic) bond motifs is 2. The van der Waals surface area contributed by atoms with Gasteiger partial charge in [0.25, 0.3) is 12.0 Å². The highest BCUT2D eigenvalue weighted by molar-refractivity contribution is 6.39. The molecule has 17 heteroatoms. The Balaban J connectivity index is 1.11. The van der Waals surface area contributed by atoms with Gasteiger partial charge >= 0.3 is 11.7 Å². The van der Waals surface area contributed by atoms with Gasteiger partial charge in [-0.25, -0.2) is 28.3 Å². The van der Waals surface area contributed by atoms with E-state index >= 15 is 0 Å². The van der Waals surface area contributed by atoms with Crippen LogP contribution in [0.15, 0.2) is 58.1 Å². The second-order valence-electron chi connectivity index (χ2n) is 14.7. The van der Waals surface area contributed by atoms with Crippen molar-refractivity contribution in [2.24, 2.45) is 14.1 Å². The van der Waals surface area contributed by atoms with E-state index in [1.54, 1.807) is 32.4 Å². The molecule has 1 aliphatic carbocycles. The SMILES string of the molecule is COCCN1C[C@@]2(CCN([C@H]3CCc4cc(-c5cccc(-c6cccc(Nc7nc(C(F)F)cc8c7c(=O)n(C)c(=O)n8C)c6Cl)c5Cl)nc(OC)c43)C2)NC1=O. The Bertz CT molecular complexity index is 2570. The number of urea groups is 1. The summed E-state index contributed by atoms with van der Waals surface area (Å²) in [4.78, 5) is 52.0. The normalized spacial score (nSPS) is 19.3. The molecule has 2 atom stereocenters. The third-order valence-corrected chi connectivity index (χ3v) is 12.2. The molecule has 0 saturated carbocycles. The Hall–Kier alpha value is -5.09. The van der Waals surface area contributed by atoms with E-state index in [1.807, 2.05) is 23.1 Å². The van der Waals surface area contributed by atoms with E-state index in [-0.39, 0.29) is 45.0 Å². The fraction of sp³-hybridized carbons (Fsp3) is 0.375. The lowest BCUT2D eigenvalue weighted by Crippen LogP contribution is -2.46. The molecule has 2 N–H and O–H groups in total. The second-order valence-corrected chi connectivity index (χ2v) is 15.5. The minimum absolute atomic E-state index is 0.000706. The van der Waals surface area contributed by atoms with Crippen LogP contribution in [0.4, 0.5) is 25.1 Å². The summed E-state index contributed by atoms with van der Waals surface area (Å²) in [6, 6.07) is 13.8. The van der Waals surface area contributed by atoms with Gasteiger partial charge in [-0.15, -0.1) is 0 Å². The molecule has 2 aliphatic heterocycles. The molecule has 298 valence electrons. The molecule has 2 saturated heterocycles. The van der Waals surface area contributed by atoms with Crippen molar-refractivity contribution < 1.29 is 23.0 Å². The van der Waals surface area contributed by atoms with Crippen LogP contribution >= 0.6 is 23.2 Å². The number of aromatic nitrogens is 4. The van der Waals surface area contributed by atoms with Crippen LogP contribution in [-0.4, -0.2) is 87.5 Å². The molecule has 1 spiro atoms. The highest BCUT2D eigenvalue weighted by Gasteiger charge is 2.49. The first-order chi connectivity index (χ1) is 27.3. The van der Waals surface area contributed by atoms with Crippen LogP contribution in [0.1, 0.15) is 42.1 Å². The molecule has 0 bridgehead atoms. The van der Waals surface area contributed by atoms with Gasteiger partial charge in [0.2, 0.25) is 5.88 Å². The number of nitrogens with zero attached hydrogens (tertiary/aromatic N) is 6. The Morgan fingerprint density at radius 2 is 1.72 bits per heavy atom. The molecular formula is C40H40Cl2F2N8O5. The summed E-state index contributed by atoms with van der Waals surface area (Å²) in [5.41, 5.74) is 2.52. The maximum Gasteiger partial charge on any atom is 0.330 e. The fourth-order valence-electron chi connectivity index (χ4n) is 8.52. The predicted molar refractivity (Wildman–Crippen MR) is 214 cm³/mol. The van der Waals surface area contributed by atoms with Crippen LogP contribution in [0.2, 0.25) is 10.0 Å². The summed E-state index contributed by atoms with van der Waals surface area (Å²) in [5, 5.41) is 6.76. The first kappa shape index (κ1) is 38.8. The summed E-state index contributed by atoms with van der Waals surface area (Å²) in [5.74, 6) is 0.343. The number of anilines is 2. The van der Waals surface area contributed by atoms with Crippen LogP contribution in [-0.2, 0) is 25.3 Å². The zero-order valence-corrected chi connectivity index (χ0v) is 33.2. The zero-order chi connectivity index (χ0) is 40.3. The van der Waals surface area contributed by atoms with Gasteiger partial charge in [0.05, 0.1) is 46.2 Å². The summed E-state index contributed by atoms with van der Waals surface area (Å²) in [6.45, 7) is 3.23. The number of ether oxygens (including phenoxy) is 2. The first-order valence-electron chi connectivity index (χ1n) is 18.5. The van der Waals surface area contributed by atoms with Crippen LogP contribution < -0.4 is 26.6 Å². The number of likely N-dealkylation sites (tertiary alicyclic amines) is 1. The number of hydrogen-bond donors (Lipinski definition) is 2. The molecule has 13 nitrogen and oxygen atoms in total. The molecule has 5 heterocycles. The molecule has 5 aromatic rings. The van der Waals surface area contributed by atoms with Gasteiger partial charge in [0.1, 0.15) is 16.9 Å². The van der Waals surface area contributed by atoms with Crippen LogP contribution in [0, 0.1) is 0 Å². The summed E-state index contributed by atoms with van der Waals surface area (Å²) in [6.07, 6.45) is -0.436. The largest absolute Gasteiger partial charge is 0.481 e. The van der Waals surface area contributed by atoms with E-state index < -0.39 is 23.4 Å². The van der Waals surface area contributed by atoms with E-state index in [9.17, 15) is 23.2 Å². The van der Waals surface area contributed by atoms with Crippen molar-refractivity contribution in [1.82, 2.24) is 34.2 Å². The number of pyridine rings is 2. The van der Waals surface area contributed by atoms with E-state index in [4.69, 9.17) is 37.7 Å². The minimum atomic E-state index is -2.97. The van der Waals surface area contributed by atoms with Crippen molar-refractivity contribution >= 4 is 51.6 Å². The van der Waals surface area contributed by atoms with Crippen molar-refractivity contribution in [3.05, 3.63) is 96.2 Å². The van der Waals surface area contributed by atoms with Crippen molar-refractivity contribution in [3.63, 3.8) is 0 Å². The number of alkyl halides is 2. The van der Waals surface area contributed by atoms with E-state index in [2.05, 4.69) is 26.6 Å². The number of halogens is 4. The van der Waals surface area contributed by atoms with Gasteiger partial charge in [-0.1, -0.05) is 53.5 Å². The number of amides is 2. The maximum absolute atomic E-state index is 14.0. The maximum atomic E-state index is 14.0. The van der Waals surface area contributed by atoms with Crippen molar-refractivity contribution in [2.75, 3.05) is 52.3 Å². The highest BCUT2D eigenvalue weighted by Crippen LogP contribution is 2.47. The predicted octanol–water partition coefficient (Wildman–Crippen LogP) is 6.46. The van der Waals surface area contributed by atoms with Crippen LogP contribution in [0.5, 0.6) is 5.88 Å². The van der Waals surface area contributed by atoms with E-state index in [0.29, 0.717) is 53.0 Å². The number of methoxy groups -OCH3 is 2. The number of hydrogen-bond acceptors (Lipinski definition) is 9. The third kappa shape index (κ3) is 6.69. The molecule has 0 radical (unpaired) electrons. The molecule has 0 unspecified atom stereocenters. The molecule has 8 rings (SSSR count). The fourth-order valence-corrected chi connectivity index (χ4v) is 9.12. The topological polar surface area (TPSA) is 136 Å². The molecule has 2 fully saturated rings. The van der Waals surface area contributed by atoms with Gasteiger partial charge in [-0.3, -0.25) is 18.8 Å². The number of carbonyl (C=O) groups is 1. The van der Waals surface area contributed by atoms with Gasteiger partial charge < -0.3 is 25.0 Å². The smallest absolute Gasteiger partial charge is 0.330 e. The molecule has 3 aromatic heterocycles. The monoisotopic (exact) mass is 820 g/mol. The number of nitrogens with one attached hydrogen (secondary N) is 2. The molecular weight excluding hydrogens is 781 g/mol. The Kier molecular flexibility index (Phi) is 10.2. The second kappa shape index (κ2) is 15.0. The number of carbonyl (C=O) groups excluding carboxylic acids is 1. The van der Waals surface area contributed by atoms with Gasteiger partial charge in [-0.05, 0) is 43.0 Å². The lowest BCUT2D eigenvalue weighted by molar-refractivity contribution is 0.146. The highest BCUT2D eigenvalue weighted by atomic mass is 35.5. The molecule has 2 amide bonds. The number of aryl methyl sites for hydroxylation is 2. The van der Waals surface area contributed by atoms with Crippen molar-refractivity contribution in [2.45, 2.75) is 37.3 Å². The average Bonchev–Trinajstić information content (AvgIpc) is 3.91. The number of rotatable bonds is 10. The third-order valence-electron chi connectivity index (χ3n) is 11.4. The average molecular weight is 822 g/mol. The minimum Gasteiger partial charge on any atom is -0.481 e. The Morgan fingerprint density at radius 1 is 0.982 bits per heavy atom. The Morgan fingerprint density at radius 3 is 2.46 bits per heavy atom. The quantitative estimate of drug-likeness (QED) is 0.163. The first-order valence-corrected chi connectivity index (χ1v) is 19.2. The van der Waals surface area contributed by atoms with Crippen LogP contribution in [0.25, 0.3) is 33.3 Å². The number of benzene rings is 2. The zero-order valence-electron chi connectivity index (χ0n) is 31.7. The standard InChI is InChI=1S/C40H40Cl2F2N8O5/c1-49-29-18-27(34(43)44)46-35(31(29)37(53)50(2)39(49)55)45-25-10-6-8-23(33(25)42)22-7-5-9-24(32(22)41)26-17-21-11-12-28(30(21)36(47-26)57-4)51-14-13-40(19-51)20-52(15-16-56-3)38(54)48-40/h5-10,17-18,28,34H,11-16,19-20H2,1-4H3,(H,45,46)(H,48,54)/t28-,40-/m0/s1. The summed E-state index contributed by atoms with van der Waals surface area (Å²) in [7, 11) is 5.94. The van der Waals surface area contributed by atoms with Gasteiger partial charge in [0.15, 0.2) is 0 Å². The van der Waals surface area contributed by atoms with Crippen molar-refractivity contribution in [1.29, 1.82) is 0 Å². The molecule has 3 aliphatic rings. The molecule has 2 aromatic carbocycles. The summed E-state index contributed by atoms with van der Waals surface area (Å²) < 4.78 is 41.2. The van der Waals surface area contributed by atoms with Gasteiger partial charge in [-0.2, -0.15) is 0 Å². The van der Waals surface area contributed by atoms with E-state index in [1.165, 1.54) is 14.1 Å². The van der Waals surface area contributed by atoms with E-state index in [0.717, 1.165) is 58.7 Å². The summed E-state index contributed by atoms with van der Waals surface area (Å²) >= 11 is 14.2. The van der Waals surface area contributed by atoms with Gasteiger partial charge in [0, 0.05) is 75.7 Å². The van der Waals surface area contributed by atoms with Crippen LogP contribution in [0.3, 0.4) is 0 Å². The Labute approximate surface area is 336 Å². The van der Waals surface area contributed by atoms with Crippen molar-refractivity contribution in [3.8, 4) is 28.3 Å². The lowest BCUT2D eigenvalue weighted by atomic mass is 9.99. The molecule has 57 heavy (non-hydrogen) atoms. The lowest BCUT2D eigenvalue weighted by Gasteiger charge is -2.28.